The van der Waals surface area contributed by atoms with Gasteiger partial charge in [-0.25, -0.2) is 0 Å². The highest BCUT2D eigenvalue weighted by atomic mass is 16.1. The molecule has 1 aliphatic carbocycles. The molecule has 0 N–H and O–H groups in total. The Hall–Kier alpha value is -0.850. The van der Waals surface area contributed by atoms with E-state index in [2.05, 4.69) is 32.9 Å². The second kappa shape index (κ2) is 5.89. The van der Waals surface area contributed by atoms with Gasteiger partial charge in [0.25, 0.3) is 0 Å². The highest BCUT2D eigenvalue weighted by Crippen LogP contribution is 2.35. The molecule has 1 nitrogen and oxygen atoms in total. The highest BCUT2D eigenvalue weighted by Gasteiger charge is 2.28. The van der Waals surface area contributed by atoms with E-state index < -0.39 is 0 Å². The van der Waals surface area contributed by atoms with E-state index in [-0.39, 0.29) is 0 Å². The van der Waals surface area contributed by atoms with Gasteiger partial charge in [0.2, 0.25) is 0 Å². The first-order valence-corrected chi connectivity index (χ1v) is 6.07. The minimum Gasteiger partial charge on any atom is -0.295 e. The number of hydrogen-bond acceptors (Lipinski definition) is 1. The fraction of sp³-hybridized carbons (Fsp3) is 0.643. The first-order chi connectivity index (χ1) is 7.22. The quantitative estimate of drug-likeness (QED) is 0.637. The molecule has 84 valence electrons. The predicted molar refractivity (Wildman–Crippen MR) is 64.7 cm³/mol. The maximum atomic E-state index is 11.5. The maximum absolute atomic E-state index is 11.5. The first kappa shape index (κ1) is 12.2. The van der Waals surface area contributed by atoms with Gasteiger partial charge >= 0.3 is 0 Å². The zero-order valence-corrected chi connectivity index (χ0v) is 10.1. The van der Waals surface area contributed by atoms with Crippen LogP contribution in [0.15, 0.2) is 23.8 Å². The number of allylic oxidation sites excluding steroid dienone is 4. The molecule has 1 rings (SSSR count). The van der Waals surface area contributed by atoms with Gasteiger partial charge in [0, 0.05) is 6.42 Å². The van der Waals surface area contributed by atoms with Crippen LogP contribution in [0.5, 0.6) is 0 Å². The van der Waals surface area contributed by atoms with Crippen LogP contribution >= 0.6 is 0 Å². The van der Waals surface area contributed by atoms with Crippen LogP contribution in [0.3, 0.4) is 0 Å². The van der Waals surface area contributed by atoms with Gasteiger partial charge in [0.15, 0.2) is 5.78 Å². The Morgan fingerprint density at radius 3 is 2.73 bits per heavy atom. The van der Waals surface area contributed by atoms with Crippen LogP contribution in [0.2, 0.25) is 0 Å². The zero-order valence-electron chi connectivity index (χ0n) is 10.1. The second-order valence-electron chi connectivity index (χ2n) is 4.32. The van der Waals surface area contributed by atoms with Crippen molar-refractivity contribution in [2.75, 3.05) is 0 Å². The average molecular weight is 206 g/mol. The van der Waals surface area contributed by atoms with Crippen molar-refractivity contribution >= 4 is 5.78 Å². The van der Waals surface area contributed by atoms with Crippen LogP contribution in [0, 0.1) is 11.8 Å². The van der Waals surface area contributed by atoms with Gasteiger partial charge in [-0.1, -0.05) is 38.0 Å². The molecule has 1 aliphatic rings. The monoisotopic (exact) mass is 206 g/mol. The van der Waals surface area contributed by atoms with E-state index in [0.29, 0.717) is 17.6 Å². The molecular formula is C14H22O. The Labute approximate surface area is 93.3 Å². The molecule has 0 fully saturated rings. The van der Waals surface area contributed by atoms with Crippen LogP contribution in [-0.4, -0.2) is 5.78 Å². The summed E-state index contributed by atoms with van der Waals surface area (Å²) in [4.78, 5) is 11.5. The molecule has 0 aliphatic heterocycles. The van der Waals surface area contributed by atoms with Crippen molar-refractivity contribution in [3.63, 3.8) is 0 Å². The molecular weight excluding hydrogens is 184 g/mol. The lowest BCUT2D eigenvalue weighted by molar-refractivity contribution is -0.116. The molecule has 2 unspecified atom stereocenters. The summed E-state index contributed by atoms with van der Waals surface area (Å²) in [5.74, 6) is 1.50. The Balaban J connectivity index is 2.83. The summed E-state index contributed by atoms with van der Waals surface area (Å²) in [6.45, 7) is 6.41. The molecule has 0 aromatic carbocycles. The lowest BCUT2D eigenvalue weighted by Gasteiger charge is -2.30. The van der Waals surface area contributed by atoms with E-state index >= 15 is 0 Å². The van der Waals surface area contributed by atoms with Gasteiger partial charge in [-0.3, -0.25) is 4.79 Å². The molecule has 0 bridgehead atoms. The fourth-order valence-corrected chi connectivity index (χ4v) is 2.50. The molecule has 0 spiro atoms. The number of carbonyl (C=O) groups is 1. The minimum absolute atomic E-state index is 0.329. The molecule has 2 atom stereocenters. The predicted octanol–water partition coefficient (Wildman–Crippen LogP) is 3.90. The summed E-state index contributed by atoms with van der Waals surface area (Å²) in [5, 5.41) is 0. The number of carbonyl (C=O) groups excluding carboxylic acids is 1. The number of ketones is 1. The molecule has 0 aromatic rings. The van der Waals surface area contributed by atoms with Crippen LogP contribution in [0.4, 0.5) is 0 Å². The Bertz CT molecular complexity index is 273. The molecule has 1 heteroatoms. The Kier molecular flexibility index (Phi) is 4.80. The smallest absolute Gasteiger partial charge is 0.155 e. The fourth-order valence-electron chi connectivity index (χ4n) is 2.50. The van der Waals surface area contributed by atoms with Gasteiger partial charge in [-0.2, -0.15) is 0 Å². The molecule has 0 saturated heterocycles. The average Bonchev–Trinajstić information content (AvgIpc) is 2.26. The lowest BCUT2D eigenvalue weighted by atomic mass is 9.74. The summed E-state index contributed by atoms with van der Waals surface area (Å²) in [6.07, 6.45) is 10.2. The van der Waals surface area contributed by atoms with Gasteiger partial charge in [0.05, 0.1) is 0 Å². The van der Waals surface area contributed by atoms with Crippen molar-refractivity contribution < 1.29 is 4.79 Å². The number of hydrogen-bond donors (Lipinski definition) is 0. The van der Waals surface area contributed by atoms with Crippen LogP contribution in [0.1, 0.15) is 46.5 Å². The van der Waals surface area contributed by atoms with Crippen LogP contribution in [0.25, 0.3) is 0 Å². The molecule has 15 heavy (non-hydrogen) atoms. The van der Waals surface area contributed by atoms with Gasteiger partial charge in [-0.05, 0) is 37.7 Å². The maximum Gasteiger partial charge on any atom is 0.155 e. The third-order valence-electron chi connectivity index (χ3n) is 3.41. The highest BCUT2D eigenvalue weighted by molar-refractivity contribution is 5.91. The molecule has 0 heterocycles. The van der Waals surface area contributed by atoms with Crippen molar-refractivity contribution in [3.05, 3.63) is 23.8 Å². The largest absolute Gasteiger partial charge is 0.295 e. The molecule has 0 saturated carbocycles. The van der Waals surface area contributed by atoms with E-state index in [1.54, 1.807) is 0 Å². The second-order valence-corrected chi connectivity index (χ2v) is 4.32. The van der Waals surface area contributed by atoms with E-state index in [1.807, 2.05) is 6.08 Å². The lowest BCUT2D eigenvalue weighted by Crippen LogP contribution is -2.24. The Morgan fingerprint density at radius 1 is 1.47 bits per heavy atom. The van der Waals surface area contributed by atoms with Gasteiger partial charge in [0.1, 0.15) is 0 Å². The van der Waals surface area contributed by atoms with E-state index in [4.69, 9.17) is 0 Å². The van der Waals surface area contributed by atoms with Gasteiger partial charge in [-0.15, -0.1) is 0 Å². The van der Waals surface area contributed by atoms with Crippen molar-refractivity contribution in [2.24, 2.45) is 11.8 Å². The molecule has 0 radical (unpaired) electrons. The summed E-state index contributed by atoms with van der Waals surface area (Å²) >= 11 is 0. The standard InChI is InChI=1S/C14H22O/c1-4-7-8-14-11(5-2)9-13(15)10-12(14)6-3/h4,7,9,12,14H,5-6,8,10H2,1-3H3. The first-order valence-electron chi connectivity index (χ1n) is 6.07. The number of rotatable bonds is 4. The van der Waals surface area contributed by atoms with E-state index in [0.717, 1.165) is 25.7 Å². The third-order valence-corrected chi connectivity index (χ3v) is 3.41. The topological polar surface area (TPSA) is 17.1 Å². The molecule has 0 amide bonds. The summed E-state index contributed by atoms with van der Waals surface area (Å²) < 4.78 is 0. The summed E-state index contributed by atoms with van der Waals surface area (Å²) in [6, 6.07) is 0. The molecule has 0 aromatic heterocycles. The van der Waals surface area contributed by atoms with E-state index in [1.165, 1.54) is 5.57 Å². The van der Waals surface area contributed by atoms with Crippen molar-refractivity contribution in [3.8, 4) is 0 Å². The van der Waals surface area contributed by atoms with E-state index in [9.17, 15) is 4.79 Å². The Morgan fingerprint density at radius 2 is 2.20 bits per heavy atom. The SMILES string of the molecule is CC=CCC1C(CC)=CC(=O)CC1CC. The minimum atomic E-state index is 0.329. The van der Waals surface area contributed by atoms with Crippen LogP contribution in [-0.2, 0) is 4.79 Å². The normalized spacial score (nSPS) is 27.1. The summed E-state index contributed by atoms with van der Waals surface area (Å²) in [7, 11) is 0. The van der Waals surface area contributed by atoms with Crippen LogP contribution < -0.4 is 0 Å². The van der Waals surface area contributed by atoms with Crippen molar-refractivity contribution in [2.45, 2.75) is 46.5 Å². The third kappa shape index (κ3) is 3.05. The van der Waals surface area contributed by atoms with Crippen molar-refractivity contribution in [1.82, 2.24) is 0 Å². The summed E-state index contributed by atoms with van der Waals surface area (Å²) in [5.41, 5.74) is 1.36. The zero-order chi connectivity index (χ0) is 11.3. The van der Waals surface area contributed by atoms with Gasteiger partial charge < -0.3 is 0 Å². The van der Waals surface area contributed by atoms with Crippen molar-refractivity contribution in [1.29, 1.82) is 0 Å².